The Morgan fingerprint density at radius 3 is 2.72 bits per heavy atom. The summed E-state index contributed by atoms with van der Waals surface area (Å²) in [5, 5.41) is 0. The number of nitrogens with one attached hydrogen (secondary N) is 1. The van der Waals surface area contributed by atoms with Gasteiger partial charge in [-0.2, -0.15) is 0 Å². The highest BCUT2D eigenvalue weighted by Gasteiger charge is 2.25. The molecule has 9 heteroatoms. The van der Waals surface area contributed by atoms with Gasteiger partial charge in [-0.15, -0.1) is 12.4 Å². The maximum Gasteiger partial charge on any atom is 0.255 e. The zero-order valence-electron chi connectivity index (χ0n) is 15.9. The minimum absolute atomic E-state index is 0. The number of hydrogen-bond acceptors (Lipinski definition) is 6. The lowest BCUT2D eigenvalue weighted by atomic mass is 9.99. The first-order valence-electron chi connectivity index (χ1n) is 9.09. The van der Waals surface area contributed by atoms with E-state index < -0.39 is 0 Å². The molecule has 0 bridgehead atoms. The smallest absolute Gasteiger partial charge is 0.255 e. The Bertz CT molecular complexity index is 1100. The van der Waals surface area contributed by atoms with Crippen LogP contribution in [0, 0.1) is 6.92 Å². The lowest BCUT2D eigenvalue weighted by molar-refractivity contribution is -0.118. The van der Waals surface area contributed by atoms with Crippen molar-refractivity contribution in [3.05, 3.63) is 63.8 Å². The summed E-state index contributed by atoms with van der Waals surface area (Å²) in [6.45, 7) is 2.32. The molecule has 0 saturated carbocycles. The van der Waals surface area contributed by atoms with Crippen molar-refractivity contribution in [2.45, 2.75) is 26.2 Å². The van der Waals surface area contributed by atoms with Crippen molar-refractivity contribution in [1.29, 1.82) is 0 Å². The monoisotopic (exact) mass is 412 g/mol. The summed E-state index contributed by atoms with van der Waals surface area (Å²) >= 11 is 0. The molecule has 8 nitrogen and oxygen atoms in total. The van der Waals surface area contributed by atoms with Gasteiger partial charge >= 0.3 is 0 Å². The van der Waals surface area contributed by atoms with Crippen molar-refractivity contribution in [3.63, 3.8) is 0 Å². The quantitative estimate of drug-likeness (QED) is 0.636. The number of rotatable bonds is 3. The summed E-state index contributed by atoms with van der Waals surface area (Å²) in [7, 11) is 0. The largest absolute Gasteiger partial charge is 0.398 e. The van der Waals surface area contributed by atoms with E-state index in [-0.39, 0.29) is 36.1 Å². The highest BCUT2D eigenvalue weighted by molar-refractivity contribution is 5.96. The molecule has 3 heterocycles. The molecule has 0 spiro atoms. The van der Waals surface area contributed by atoms with Gasteiger partial charge in [-0.05, 0) is 43.5 Å². The Morgan fingerprint density at radius 2 is 2.00 bits per heavy atom. The Labute approximate surface area is 173 Å². The standard InChI is InChI=1S/C20H20N6O2.ClH/c1-12-14(20(28)25-19(24-12)18-22-8-4-9-23-18)11-17(27)26-10-3-5-13-15(21)6-2-7-16(13)26;/h2,4,6-9H,3,5,10-11,21H2,1H3,(H,24,25,28);1H. The number of anilines is 2. The number of carbonyl (C=O) groups is 1. The van der Waals surface area contributed by atoms with Gasteiger partial charge in [-0.1, -0.05) is 6.07 Å². The van der Waals surface area contributed by atoms with E-state index >= 15 is 0 Å². The predicted molar refractivity (Wildman–Crippen MR) is 113 cm³/mol. The molecule has 3 aromatic rings. The number of fused-ring (bicyclic) bond motifs is 1. The molecule has 1 aromatic carbocycles. The van der Waals surface area contributed by atoms with Gasteiger partial charge in [0.25, 0.3) is 5.56 Å². The van der Waals surface area contributed by atoms with Gasteiger partial charge in [0.2, 0.25) is 5.91 Å². The summed E-state index contributed by atoms with van der Waals surface area (Å²) in [6.07, 6.45) is 4.81. The second-order valence-electron chi connectivity index (χ2n) is 6.72. The third-order valence-corrected chi connectivity index (χ3v) is 4.92. The Hall–Kier alpha value is -3.26. The second kappa shape index (κ2) is 8.40. The number of halogens is 1. The van der Waals surface area contributed by atoms with Crippen LogP contribution in [0.5, 0.6) is 0 Å². The summed E-state index contributed by atoms with van der Waals surface area (Å²) < 4.78 is 0. The molecule has 4 rings (SSSR count). The number of nitrogens with zero attached hydrogens (tertiary/aromatic N) is 4. The third kappa shape index (κ3) is 3.97. The van der Waals surface area contributed by atoms with E-state index in [1.807, 2.05) is 18.2 Å². The molecule has 0 saturated heterocycles. The van der Waals surface area contributed by atoms with Gasteiger partial charge in [0.15, 0.2) is 11.6 Å². The number of aromatic nitrogens is 4. The normalized spacial score (nSPS) is 12.8. The van der Waals surface area contributed by atoms with Crippen LogP contribution in [0.4, 0.5) is 11.4 Å². The molecular weight excluding hydrogens is 392 g/mol. The summed E-state index contributed by atoms with van der Waals surface area (Å²) in [5.41, 5.74) is 9.05. The molecule has 1 aliphatic heterocycles. The first-order chi connectivity index (χ1) is 13.5. The molecule has 1 amide bonds. The zero-order valence-corrected chi connectivity index (χ0v) is 16.7. The van der Waals surface area contributed by atoms with E-state index in [1.54, 1.807) is 30.3 Å². The van der Waals surface area contributed by atoms with E-state index in [4.69, 9.17) is 5.73 Å². The Morgan fingerprint density at radius 1 is 1.24 bits per heavy atom. The highest BCUT2D eigenvalue weighted by atomic mass is 35.5. The van der Waals surface area contributed by atoms with E-state index in [1.165, 1.54) is 0 Å². The lowest BCUT2D eigenvalue weighted by Crippen LogP contribution is -2.38. The first-order valence-corrected chi connectivity index (χ1v) is 9.09. The van der Waals surface area contributed by atoms with Crippen molar-refractivity contribution in [2.75, 3.05) is 17.2 Å². The molecule has 29 heavy (non-hydrogen) atoms. The van der Waals surface area contributed by atoms with E-state index in [2.05, 4.69) is 19.9 Å². The molecule has 0 radical (unpaired) electrons. The van der Waals surface area contributed by atoms with Crippen LogP contribution in [-0.2, 0) is 17.6 Å². The number of carbonyl (C=O) groups excluding carboxylic acids is 1. The minimum Gasteiger partial charge on any atom is -0.398 e. The van der Waals surface area contributed by atoms with E-state index in [9.17, 15) is 9.59 Å². The Kier molecular flexibility index (Phi) is 5.93. The topological polar surface area (TPSA) is 118 Å². The van der Waals surface area contributed by atoms with Crippen LogP contribution in [0.3, 0.4) is 0 Å². The van der Waals surface area contributed by atoms with Crippen molar-refractivity contribution in [2.24, 2.45) is 0 Å². The van der Waals surface area contributed by atoms with Crippen LogP contribution in [0.1, 0.15) is 23.2 Å². The molecule has 2 aromatic heterocycles. The minimum atomic E-state index is -0.354. The SMILES string of the molecule is Cc1nc(-c2ncccn2)[nH]c(=O)c1CC(=O)N1CCCc2c(N)cccc21.Cl. The van der Waals surface area contributed by atoms with Crippen LogP contribution < -0.4 is 16.2 Å². The molecule has 1 aliphatic rings. The van der Waals surface area contributed by atoms with Crippen molar-refractivity contribution >= 4 is 29.7 Å². The fourth-order valence-electron chi connectivity index (χ4n) is 3.50. The number of H-pyrrole nitrogens is 1. The lowest BCUT2D eigenvalue weighted by Gasteiger charge is -2.30. The third-order valence-electron chi connectivity index (χ3n) is 4.92. The predicted octanol–water partition coefficient (Wildman–Crippen LogP) is 2.06. The van der Waals surface area contributed by atoms with Crippen molar-refractivity contribution < 1.29 is 4.79 Å². The maximum absolute atomic E-state index is 13.0. The molecule has 3 N–H and O–H groups in total. The summed E-state index contributed by atoms with van der Waals surface area (Å²) in [5.74, 6) is 0.474. The van der Waals surface area contributed by atoms with Crippen LogP contribution in [0.2, 0.25) is 0 Å². The zero-order chi connectivity index (χ0) is 19.7. The number of nitrogens with two attached hydrogens (primary N) is 1. The average Bonchev–Trinajstić information content (AvgIpc) is 2.71. The number of amides is 1. The Balaban J connectivity index is 0.00000240. The van der Waals surface area contributed by atoms with Gasteiger partial charge in [-0.3, -0.25) is 9.59 Å². The van der Waals surface area contributed by atoms with Crippen LogP contribution in [0.15, 0.2) is 41.5 Å². The van der Waals surface area contributed by atoms with Gasteiger partial charge in [0.05, 0.1) is 6.42 Å². The maximum atomic E-state index is 13.0. The second-order valence-corrected chi connectivity index (χ2v) is 6.72. The fourth-order valence-corrected chi connectivity index (χ4v) is 3.50. The highest BCUT2D eigenvalue weighted by Crippen LogP contribution is 2.31. The number of nitrogen functional groups attached to an aromatic ring is 1. The van der Waals surface area contributed by atoms with Gasteiger partial charge in [0, 0.05) is 41.6 Å². The van der Waals surface area contributed by atoms with Gasteiger partial charge in [-0.25, -0.2) is 15.0 Å². The molecule has 150 valence electrons. The van der Waals surface area contributed by atoms with E-state index in [0.717, 1.165) is 24.1 Å². The van der Waals surface area contributed by atoms with Gasteiger partial charge < -0.3 is 15.6 Å². The van der Waals surface area contributed by atoms with Crippen LogP contribution >= 0.6 is 12.4 Å². The number of aromatic amines is 1. The molecule has 0 fully saturated rings. The molecule has 0 unspecified atom stereocenters. The molecular formula is C20H21ClN6O2. The number of benzene rings is 1. The fraction of sp³-hybridized carbons (Fsp3) is 0.250. The van der Waals surface area contributed by atoms with Crippen molar-refractivity contribution in [3.8, 4) is 11.6 Å². The number of hydrogen-bond donors (Lipinski definition) is 2. The van der Waals surface area contributed by atoms with Crippen LogP contribution in [0.25, 0.3) is 11.6 Å². The average molecular weight is 413 g/mol. The first kappa shape index (κ1) is 20.5. The number of aryl methyl sites for hydroxylation is 1. The van der Waals surface area contributed by atoms with Crippen LogP contribution in [-0.4, -0.2) is 32.4 Å². The summed E-state index contributed by atoms with van der Waals surface area (Å²) in [6, 6.07) is 7.27. The molecule has 0 atom stereocenters. The van der Waals surface area contributed by atoms with E-state index in [0.29, 0.717) is 29.3 Å². The molecule has 0 aliphatic carbocycles. The summed E-state index contributed by atoms with van der Waals surface area (Å²) in [4.78, 5) is 42.6. The van der Waals surface area contributed by atoms with Gasteiger partial charge in [0.1, 0.15) is 0 Å². The van der Waals surface area contributed by atoms with Crippen molar-refractivity contribution in [1.82, 2.24) is 19.9 Å².